The van der Waals surface area contributed by atoms with E-state index in [0.29, 0.717) is 0 Å². The first-order chi connectivity index (χ1) is 9.45. The maximum absolute atomic E-state index is 13.7. The standard InChI is InChI=1S/C13H18FN3O3/c1-3-8(2)17-10(18)5-7-16-12-11(14)9(13(19)20)4-6-15-12/h4,6,8H,3,5,7H2,1-2H3,(H,15,16)(H,17,18)(H,19,20). The number of anilines is 1. The number of rotatable bonds is 7. The molecular formula is C13H18FN3O3. The zero-order valence-electron chi connectivity index (χ0n) is 11.4. The molecule has 0 aliphatic carbocycles. The van der Waals surface area contributed by atoms with E-state index in [1.807, 2.05) is 13.8 Å². The van der Waals surface area contributed by atoms with Gasteiger partial charge in [-0.2, -0.15) is 0 Å². The molecule has 1 amide bonds. The van der Waals surface area contributed by atoms with Crippen molar-refractivity contribution in [3.05, 3.63) is 23.6 Å². The Labute approximate surface area is 116 Å². The van der Waals surface area contributed by atoms with Gasteiger partial charge in [-0.3, -0.25) is 4.79 Å². The van der Waals surface area contributed by atoms with Crippen LogP contribution in [0.3, 0.4) is 0 Å². The van der Waals surface area contributed by atoms with Gasteiger partial charge in [0.05, 0.1) is 0 Å². The van der Waals surface area contributed by atoms with Gasteiger partial charge in [-0.1, -0.05) is 6.92 Å². The molecule has 20 heavy (non-hydrogen) atoms. The molecule has 0 aliphatic heterocycles. The highest BCUT2D eigenvalue weighted by atomic mass is 19.1. The topological polar surface area (TPSA) is 91.3 Å². The normalized spacial score (nSPS) is 11.8. The summed E-state index contributed by atoms with van der Waals surface area (Å²) in [6.07, 6.45) is 2.19. The minimum atomic E-state index is -1.36. The van der Waals surface area contributed by atoms with Crippen molar-refractivity contribution in [1.82, 2.24) is 10.3 Å². The smallest absolute Gasteiger partial charge is 0.338 e. The second kappa shape index (κ2) is 7.42. The second-order valence-corrected chi connectivity index (χ2v) is 4.38. The van der Waals surface area contributed by atoms with Crippen molar-refractivity contribution in [2.75, 3.05) is 11.9 Å². The Bertz CT molecular complexity index is 494. The van der Waals surface area contributed by atoms with E-state index in [0.717, 1.165) is 12.5 Å². The number of hydrogen-bond acceptors (Lipinski definition) is 4. The Morgan fingerprint density at radius 2 is 2.20 bits per heavy atom. The van der Waals surface area contributed by atoms with Crippen LogP contribution in [0.15, 0.2) is 12.3 Å². The fourth-order valence-corrected chi connectivity index (χ4v) is 1.48. The van der Waals surface area contributed by atoms with E-state index in [2.05, 4.69) is 15.6 Å². The number of carboxylic acids is 1. The molecule has 1 aromatic rings. The summed E-state index contributed by atoms with van der Waals surface area (Å²) in [5.41, 5.74) is -0.452. The number of nitrogens with zero attached hydrogens (tertiary/aromatic N) is 1. The van der Waals surface area contributed by atoms with Crippen LogP contribution in [-0.2, 0) is 4.79 Å². The molecule has 1 heterocycles. The van der Waals surface area contributed by atoms with Crippen molar-refractivity contribution in [3.63, 3.8) is 0 Å². The van der Waals surface area contributed by atoms with E-state index < -0.39 is 17.3 Å². The van der Waals surface area contributed by atoms with Crippen LogP contribution in [0.5, 0.6) is 0 Å². The molecule has 0 bridgehead atoms. The van der Waals surface area contributed by atoms with Gasteiger partial charge in [-0.15, -0.1) is 0 Å². The van der Waals surface area contributed by atoms with Gasteiger partial charge in [0.2, 0.25) is 5.91 Å². The molecule has 0 spiro atoms. The van der Waals surface area contributed by atoms with Crippen LogP contribution in [-0.4, -0.2) is 34.6 Å². The third-order valence-electron chi connectivity index (χ3n) is 2.78. The highest BCUT2D eigenvalue weighted by Gasteiger charge is 2.15. The molecule has 6 nitrogen and oxygen atoms in total. The van der Waals surface area contributed by atoms with Crippen LogP contribution in [0.2, 0.25) is 0 Å². The number of hydrogen-bond donors (Lipinski definition) is 3. The number of carboxylic acid groups (broad SMARTS) is 1. The molecule has 1 atom stereocenters. The van der Waals surface area contributed by atoms with E-state index in [1.165, 1.54) is 6.20 Å². The third kappa shape index (κ3) is 4.49. The first-order valence-corrected chi connectivity index (χ1v) is 6.36. The second-order valence-electron chi connectivity index (χ2n) is 4.38. The van der Waals surface area contributed by atoms with Gasteiger partial charge in [0.15, 0.2) is 11.6 Å². The maximum atomic E-state index is 13.7. The summed E-state index contributed by atoms with van der Waals surface area (Å²) in [6, 6.07) is 1.17. The third-order valence-corrected chi connectivity index (χ3v) is 2.78. The number of nitrogens with one attached hydrogen (secondary N) is 2. The van der Waals surface area contributed by atoms with E-state index in [9.17, 15) is 14.0 Å². The SMILES string of the molecule is CCC(C)NC(=O)CCNc1nccc(C(=O)O)c1F. The number of amides is 1. The van der Waals surface area contributed by atoms with Gasteiger partial charge in [0.25, 0.3) is 0 Å². The minimum Gasteiger partial charge on any atom is -0.478 e. The molecule has 0 radical (unpaired) electrons. The molecule has 110 valence electrons. The zero-order valence-corrected chi connectivity index (χ0v) is 11.4. The van der Waals surface area contributed by atoms with Crippen molar-refractivity contribution in [3.8, 4) is 0 Å². The van der Waals surface area contributed by atoms with Gasteiger partial charge in [0, 0.05) is 25.2 Å². The largest absolute Gasteiger partial charge is 0.478 e. The summed E-state index contributed by atoms with van der Waals surface area (Å²) in [7, 11) is 0. The predicted octanol–water partition coefficient (Wildman–Crippen LogP) is 1.64. The molecule has 1 aromatic heterocycles. The molecule has 0 aromatic carbocycles. The average Bonchev–Trinajstić information content (AvgIpc) is 2.40. The fourth-order valence-electron chi connectivity index (χ4n) is 1.48. The molecule has 1 unspecified atom stereocenters. The van der Waals surface area contributed by atoms with Gasteiger partial charge in [-0.05, 0) is 19.4 Å². The molecule has 0 saturated carbocycles. The number of aromatic nitrogens is 1. The van der Waals surface area contributed by atoms with Crippen molar-refractivity contribution < 1.29 is 19.1 Å². The molecular weight excluding hydrogens is 265 g/mol. The summed E-state index contributed by atoms with van der Waals surface area (Å²) in [4.78, 5) is 26.0. The Morgan fingerprint density at radius 3 is 2.80 bits per heavy atom. The summed E-state index contributed by atoms with van der Waals surface area (Å²) in [5.74, 6) is -2.60. The van der Waals surface area contributed by atoms with Crippen molar-refractivity contribution >= 4 is 17.7 Å². The molecule has 0 fully saturated rings. The minimum absolute atomic E-state index is 0.0905. The number of pyridine rings is 1. The molecule has 0 aliphatic rings. The monoisotopic (exact) mass is 283 g/mol. The quantitative estimate of drug-likeness (QED) is 0.707. The van der Waals surface area contributed by atoms with Crippen molar-refractivity contribution in [2.45, 2.75) is 32.7 Å². The van der Waals surface area contributed by atoms with Crippen LogP contribution in [0.1, 0.15) is 37.0 Å². The van der Waals surface area contributed by atoms with Gasteiger partial charge in [-0.25, -0.2) is 14.2 Å². The van der Waals surface area contributed by atoms with E-state index in [4.69, 9.17) is 5.11 Å². The lowest BCUT2D eigenvalue weighted by atomic mass is 10.2. The van der Waals surface area contributed by atoms with Gasteiger partial charge in [0.1, 0.15) is 5.56 Å². The van der Waals surface area contributed by atoms with Gasteiger partial charge >= 0.3 is 5.97 Å². The van der Waals surface area contributed by atoms with E-state index >= 15 is 0 Å². The molecule has 3 N–H and O–H groups in total. The highest BCUT2D eigenvalue weighted by Crippen LogP contribution is 2.14. The fraction of sp³-hybridized carbons (Fsp3) is 0.462. The van der Waals surface area contributed by atoms with Crippen LogP contribution in [0.25, 0.3) is 0 Å². The van der Waals surface area contributed by atoms with Crippen LogP contribution in [0.4, 0.5) is 10.2 Å². The van der Waals surface area contributed by atoms with E-state index in [-0.39, 0.29) is 30.7 Å². The lowest BCUT2D eigenvalue weighted by Gasteiger charge is -2.12. The highest BCUT2D eigenvalue weighted by molar-refractivity contribution is 5.88. The molecule has 1 rings (SSSR count). The average molecular weight is 283 g/mol. The lowest BCUT2D eigenvalue weighted by molar-refractivity contribution is -0.121. The number of carbonyl (C=O) groups excluding carboxylic acids is 1. The first kappa shape index (κ1) is 15.9. The lowest BCUT2D eigenvalue weighted by Crippen LogP contribution is -2.33. The number of halogens is 1. The van der Waals surface area contributed by atoms with Crippen LogP contribution in [0, 0.1) is 5.82 Å². The molecule has 7 heteroatoms. The number of carbonyl (C=O) groups is 2. The summed E-state index contributed by atoms with van der Waals surface area (Å²) < 4.78 is 13.7. The molecule has 0 saturated heterocycles. The van der Waals surface area contributed by atoms with E-state index in [1.54, 1.807) is 0 Å². The summed E-state index contributed by atoms with van der Waals surface area (Å²) in [5, 5.41) is 14.2. The summed E-state index contributed by atoms with van der Waals surface area (Å²) in [6.45, 7) is 4.03. The van der Waals surface area contributed by atoms with Crippen LogP contribution >= 0.6 is 0 Å². The van der Waals surface area contributed by atoms with Gasteiger partial charge < -0.3 is 15.7 Å². The first-order valence-electron chi connectivity index (χ1n) is 6.36. The van der Waals surface area contributed by atoms with Crippen LogP contribution < -0.4 is 10.6 Å². The Kier molecular flexibility index (Phi) is 5.89. The number of aromatic carboxylic acids is 1. The van der Waals surface area contributed by atoms with Crippen molar-refractivity contribution in [2.24, 2.45) is 0 Å². The Morgan fingerprint density at radius 1 is 1.50 bits per heavy atom. The maximum Gasteiger partial charge on any atom is 0.338 e. The zero-order chi connectivity index (χ0) is 15.1. The Hall–Kier alpha value is -2.18. The predicted molar refractivity (Wildman–Crippen MR) is 72.2 cm³/mol. The summed E-state index contributed by atoms with van der Waals surface area (Å²) >= 11 is 0. The van der Waals surface area contributed by atoms with Crippen molar-refractivity contribution in [1.29, 1.82) is 0 Å². The Balaban J connectivity index is 2.52.